The zero-order valence-corrected chi connectivity index (χ0v) is 16.7. The third-order valence-electron chi connectivity index (χ3n) is 4.76. The minimum atomic E-state index is -0.975. The van der Waals surface area contributed by atoms with Crippen LogP contribution in [0.5, 0.6) is 0 Å². The Balaban J connectivity index is 2.20. The monoisotopic (exact) mass is 418 g/mol. The molecule has 0 aliphatic carbocycles. The summed E-state index contributed by atoms with van der Waals surface area (Å²) in [5.74, 6) is -1.95. The largest absolute Gasteiger partial charge is 0.384 e. The highest BCUT2D eigenvalue weighted by atomic mass is 19.1. The molecule has 0 saturated carbocycles. The minimum Gasteiger partial charge on any atom is -0.384 e. The van der Waals surface area contributed by atoms with Crippen LogP contribution >= 0.6 is 0 Å². The van der Waals surface area contributed by atoms with Crippen molar-refractivity contribution in [2.45, 2.75) is 20.0 Å². The molecule has 0 amide bonds. The third kappa shape index (κ3) is 4.21. The highest BCUT2D eigenvalue weighted by Crippen LogP contribution is 2.17. The summed E-state index contributed by atoms with van der Waals surface area (Å²) < 4.78 is 16.0. The van der Waals surface area contributed by atoms with E-state index >= 15 is 0 Å². The number of benzene rings is 2. The quantitative estimate of drug-likeness (QED) is 0.376. The van der Waals surface area contributed by atoms with Gasteiger partial charge in [0.1, 0.15) is 28.8 Å². The second kappa shape index (κ2) is 9.05. The lowest BCUT2D eigenvalue weighted by Gasteiger charge is -2.15. The molecule has 7 nitrogen and oxygen atoms in total. The Morgan fingerprint density at radius 1 is 1.10 bits per heavy atom. The predicted molar refractivity (Wildman–Crippen MR) is 115 cm³/mol. The van der Waals surface area contributed by atoms with Gasteiger partial charge in [0.15, 0.2) is 0 Å². The number of carbonyl (C=O) groups is 1. The van der Waals surface area contributed by atoms with Gasteiger partial charge in [-0.25, -0.2) is 9.18 Å². The lowest BCUT2D eigenvalue weighted by molar-refractivity contribution is 0.103. The van der Waals surface area contributed by atoms with Crippen molar-refractivity contribution < 1.29 is 9.18 Å². The zero-order valence-electron chi connectivity index (χ0n) is 16.7. The molecule has 0 bridgehead atoms. The molecule has 0 fully saturated rings. The van der Waals surface area contributed by atoms with Gasteiger partial charge in [-0.1, -0.05) is 48.5 Å². The molecule has 2 aromatic carbocycles. The number of hydrogen-bond acceptors (Lipinski definition) is 5. The van der Waals surface area contributed by atoms with Crippen LogP contribution in [0.25, 0.3) is 6.08 Å². The molecule has 31 heavy (non-hydrogen) atoms. The van der Waals surface area contributed by atoms with Gasteiger partial charge in [-0.15, -0.1) is 0 Å². The summed E-state index contributed by atoms with van der Waals surface area (Å²) in [6, 6.07) is 16.2. The van der Waals surface area contributed by atoms with E-state index in [2.05, 4.69) is 0 Å². The van der Waals surface area contributed by atoms with Crippen molar-refractivity contribution in [1.82, 2.24) is 9.13 Å². The first-order valence-electron chi connectivity index (χ1n) is 9.47. The Bertz CT molecular complexity index is 1330. The molecule has 1 heterocycles. The molecule has 3 aromatic rings. The summed E-state index contributed by atoms with van der Waals surface area (Å²) in [5.41, 5.74) is 4.31. The average molecular weight is 418 g/mol. The lowest BCUT2D eigenvalue weighted by atomic mass is 10.0. The number of nitriles is 1. The fourth-order valence-electron chi connectivity index (χ4n) is 3.16. The van der Waals surface area contributed by atoms with E-state index in [9.17, 15) is 24.0 Å². The first-order chi connectivity index (χ1) is 14.9. The van der Waals surface area contributed by atoms with E-state index < -0.39 is 34.0 Å². The molecule has 156 valence electrons. The van der Waals surface area contributed by atoms with Crippen molar-refractivity contribution in [3.05, 3.63) is 104 Å². The number of halogens is 1. The van der Waals surface area contributed by atoms with Crippen molar-refractivity contribution in [2.24, 2.45) is 0 Å². The molecule has 0 atom stereocenters. The molecule has 0 saturated heterocycles. The summed E-state index contributed by atoms with van der Waals surface area (Å²) in [5, 5.41) is 9.50. The maximum absolute atomic E-state index is 14.0. The summed E-state index contributed by atoms with van der Waals surface area (Å²) in [4.78, 5) is 38.8. The van der Waals surface area contributed by atoms with Crippen LogP contribution in [0.15, 0.2) is 69.8 Å². The maximum Gasteiger partial charge on any atom is 0.332 e. The van der Waals surface area contributed by atoms with Gasteiger partial charge in [0.2, 0.25) is 5.78 Å². The number of rotatable bonds is 6. The highest BCUT2D eigenvalue weighted by molar-refractivity contribution is 6.16. The van der Waals surface area contributed by atoms with Crippen molar-refractivity contribution >= 4 is 17.7 Å². The fourth-order valence-corrected chi connectivity index (χ4v) is 3.16. The van der Waals surface area contributed by atoms with Gasteiger partial charge < -0.3 is 5.73 Å². The number of hydrogen-bond donors (Lipinski definition) is 1. The Kier molecular flexibility index (Phi) is 6.26. The highest BCUT2D eigenvalue weighted by Gasteiger charge is 2.25. The number of aromatic nitrogens is 2. The Morgan fingerprint density at radius 3 is 2.35 bits per heavy atom. The van der Waals surface area contributed by atoms with Gasteiger partial charge in [0, 0.05) is 12.1 Å². The second-order valence-corrected chi connectivity index (χ2v) is 6.68. The van der Waals surface area contributed by atoms with Crippen LogP contribution in [-0.2, 0) is 13.1 Å². The van der Waals surface area contributed by atoms with E-state index in [1.165, 1.54) is 18.2 Å². The van der Waals surface area contributed by atoms with Gasteiger partial charge in [-0.3, -0.25) is 18.7 Å². The zero-order chi connectivity index (χ0) is 22.5. The number of nitrogen functional groups attached to an aromatic ring is 1. The summed E-state index contributed by atoms with van der Waals surface area (Å²) in [6.07, 6.45) is 1.06. The van der Waals surface area contributed by atoms with Crippen LogP contribution in [0, 0.1) is 17.1 Å². The minimum absolute atomic E-state index is 0.00588. The first kappa shape index (κ1) is 21.5. The molecular weight excluding hydrogens is 399 g/mol. The molecule has 0 spiro atoms. The summed E-state index contributed by atoms with van der Waals surface area (Å²) in [6.45, 7) is 1.62. The number of carbonyl (C=O) groups excluding carboxylic acids is 1. The van der Waals surface area contributed by atoms with Gasteiger partial charge >= 0.3 is 5.69 Å². The molecule has 3 rings (SSSR count). The van der Waals surface area contributed by atoms with Gasteiger partial charge in [0.25, 0.3) is 5.56 Å². The molecule has 0 aliphatic heterocycles. The fraction of sp³-hybridized carbons (Fsp3) is 0.130. The number of anilines is 1. The molecule has 0 unspecified atom stereocenters. The number of nitrogens with zero attached hydrogens (tertiary/aromatic N) is 3. The van der Waals surface area contributed by atoms with E-state index in [4.69, 9.17) is 5.73 Å². The summed E-state index contributed by atoms with van der Waals surface area (Å²) in [7, 11) is 0. The van der Waals surface area contributed by atoms with E-state index in [1.54, 1.807) is 43.3 Å². The normalized spacial score (nSPS) is 11.2. The SMILES string of the molecule is CCn1c(=O)c(C(=O)/C(C#N)=C/c2ccccc2F)c(N)n(Cc2ccccc2)c1=O. The van der Waals surface area contributed by atoms with Gasteiger partial charge in [0.05, 0.1) is 6.54 Å². The number of Topliss-reactive ketones (excluding diaryl/α,β-unsaturated/α-hetero) is 1. The predicted octanol–water partition coefficient (Wildman–Crippen LogP) is 2.59. The maximum atomic E-state index is 14.0. The Hall–Kier alpha value is -4.25. The standard InChI is InChI=1S/C23H19FN4O3/c1-2-27-22(30)19(20(29)17(13-25)12-16-10-6-7-11-18(16)24)21(26)28(23(27)31)14-15-8-4-3-5-9-15/h3-12H,2,14,26H2,1H3/b17-12+. The van der Waals surface area contributed by atoms with Crippen LogP contribution in [0.3, 0.4) is 0 Å². The van der Waals surface area contributed by atoms with Crippen LogP contribution in [0.2, 0.25) is 0 Å². The Morgan fingerprint density at radius 2 is 1.74 bits per heavy atom. The lowest BCUT2D eigenvalue weighted by Crippen LogP contribution is -2.44. The smallest absolute Gasteiger partial charge is 0.332 e. The van der Waals surface area contributed by atoms with Crippen LogP contribution < -0.4 is 17.0 Å². The third-order valence-corrected chi connectivity index (χ3v) is 4.76. The van der Waals surface area contributed by atoms with E-state index in [-0.39, 0.29) is 24.5 Å². The molecule has 8 heteroatoms. The topological polar surface area (TPSA) is 111 Å². The number of nitrogens with two attached hydrogens (primary N) is 1. The molecule has 1 aromatic heterocycles. The first-order valence-corrected chi connectivity index (χ1v) is 9.47. The molecule has 0 aliphatic rings. The second-order valence-electron chi connectivity index (χ2n) is 6.68. The van der Waals surface area contributed by atoms with Crippen LogP contribution in [0.4, 0.5) is 10.2 Å². The molecular formula is C23H19FN4O3. The van der Waals surface area contributed by atoms with Crippen molar-refractivity contribution in [3.63, 3.8) is 0 Å². The van der Waals surface area contributed by atoms with Crippen LogP contribution in [-0.4, -0.2) is 14.9 Å². The molecule has 2 N–H and O–H groups in total. The van der Waals surface area contributed by atoms with E-state index in [1.807, 2.05) is 6.07 Å². The number of allylic oxidation sites excluding steroid dienone is 1. The Labute approximate surface area is 177 Å². The van der Waals surface area contributed by atoms with Crippen molar-refractivity contribution in [2.75, 3.05) is 5.73 Å². The van der Waals surface area contributed by atoms with Crippen molar-refractivity contribution in [1.29, 1.82) is 5.26 Å². The molecule has 0 radical (unpaired) electrons. The van der Waals surface area contributed by atoms with Gasteiger partial charge in [-0.2, -0.15) is 5.26 Å². The number of ketones is 1. The summed E-state index contributed by atoms with van der Waals surface area (Å²) >= 11 is 0. The van der Waals surface area contributed by atoms with E-state index in [0.29, 0.717) is 0 Å². The average Bonchev–Trinajstić information content (AvgIpc) is 2.77. The van der Waals surface area contributed by atoms with Crippen LogP contribution in [0.1, 0.15) is 28.4 Å². The van der Waals surface area contributed by atoms with Gasteiger partial charge in [-0.05, 0) is 24.6 Å². The van der Waals surface area contributed by atoms with E-state index in [0.717, 1.165) is 20.8 Å². The van der Waals surface area contributed by atoms with Crippen molar-refractivity contribution in [3.8, 4) is 6.07 Å².